The highest BCUT2D eigenvalue weighted by molar-refractivity contribution is 5.61. The highest BCUT2D eigenvalue weighted by Gasteiger charge is 2.25. The van der Waals surface area contributed by atoms with E-state index in [1.807, 2.05) is 31.2 Å². The lowest BCUT2D eigenvalue weighted by Gasteiger charge is -2.09. The molecule has 2 rings (SSSR count). The summed E-state index contributed by atoms with van der Waals surface area (Å²) in [5, 5.41) is 0. The molecule has 1 saturated heterocycles. The van der Waals surface area contributed by atoms with Crippen molar-refractivity contribution in [2.45, 2.75) is 13.0 Å². The van der Waals surface area contributed by atoms with E-state index in [0.29, 0.717) is 6.61 Å². The van der Waals surface area contributed by atoms with E-state index in [-0.39, 0.29) is 12.7 Å². The summed E-state index contributed by atoms with van der Waals surface area (Å²) in [6, 6.07) is 7.69. The first-order valence-electron chi connectivity index (χ1n) is 4.77. The summed E-state index contributed by atoms with van der Waals surface area (Å²) in [7, 11) is 0. The number of carbonyl (C=O) groups excluding carboxylic acids is 1. The Morgan fingerprint density at radius 2 is 2.13 bits per heavy atom. The molecule has 0 saturated carbocycles. The number of benzene rings is 1. The van der Waals surface area contributed by atoms with E-state index in [9.17, 15) is 4.79 Å². The van der Waals surface area contributed by atoms with Gasteiger partial charge in [0.2, 0.25) is 0 Å². The second-order valence-electron chi connectivity index (χ2n) is 3.42. The molecule has 1 aromatic carbocycles. The summed E-state index contributed by atoms with van der Waals surface area (Å²) in [4.78, 5) is 10.6. The molecule has 0 bridgehead atoms. The SMILES string of the molecule is Cc1ccc(OCC2COC(=O)O2)cc1. The van der Waals surface area contributed by atoms with Crippen LogP contribution in [0.4, 0.5) is 4.79 Å². The smallest absolute Gasteiger partial charge is 0.490 e. The molecule has 1 heterocycles. The monoisotopic (exact) mass is 208 g/mol. The second-order valence-corrected chi connectivity index (χ2v) is 3.42. The van der Waals surface area contributed by atoms with Crippen molar-refractivity contribution >= 4 is 6.16 Å². The van der Waals surface area contributed by atoms with E-state index in [4.69, 9.17) is 9.47 Å². The van der Waals surface area contributed by atoms with Gasteiger partial charge in [-0.1, -0.05) is 17.7 Å². The molecule has 4 nitrogen and oxygen atoms in total. The van der Waals surface area contributed by atoms with Crippen LogP contribution in [0.3, 0.4) is 0 Å². The van der Waals surface area contributed by atoms with Crippen LogP contribution in [0.5, 0.6) is 5.75 Å². The van der Waals surface area contributed by atoms with Gasteiger partial charge in [0.05, 0.1) is 0 Å². The summed E-state index contributed by atoms with van der Waals surface area (Å²) >= 11 is 0. The quantitative estimate of drug-likeness (QED) is 0.712. The van der Waals surface area contributed by atoms with Crippen LogP contribution in [0.1, 0.15) is 5.56 Å². The lowest BCUT2D eigenvalue weighted by atomic mass is 10.2. The summed E-state index contributed by atoms with van der Waals surface area (Å²) in [5.41, 5.74) is 1.18. The van der Waals surface area contributed by atoms with Crippen LogP contribution in [0.15, 0.2) is 24.3 Å². The molecular formula is C11H12O4. The van der Waals surface area contributed by atoms with Crippen LogP contribution >= 0.6 is 0 Å². The van der Waals surface area contributed by atoms with Gasteiger partial charge in [0.15, 0.2) is 6.10 Å². The number of carbonyl (C=O) groups is 1. The minimum atomic E-state index is -0.618. The van der Waals surface area contributed by atoms with Crippen molar-refractivity contribution in [2.24, 2.45) is 0 Å². The molecule has 1 aliphatic heterocycles. The number of rotatable bonds is 3. The van der Waals surface area contributed by atoms with Gasteiger partial charge in [-0.05, 0) is 19.1 Å². The Morgan fingerprint density at radius 1 is 1.40 bits per heavy atom. The molecule has 1 unspecified atom stereocenters. The largest absolute Gasteiger partial charge is 0.508 e. The van der Waals surface area contributed by atoms with Crippen molar-refractivity contribution in [3.05, 3.63) is 29.8 Å². The summed E-state index contributed by atoms with van der Waals surface area (Å²) in [6.07, 6.45) is -0.911. The highest BCUT2D eigenvalue weighted by atomic mass is 16.8. The molecule has 0 radical (unpaired) electrons. The average Bonchev–Trinajstić information content (AvgIpc) is 2.64. The van der Waals surface area contributed by atoms with E-state index in [0.717, 1.165) is 5.75 Å². The standard InChI is InChI=1S/C11H12O4/c1-8-2-4-9(5-3-8)13-6-10-7-14-11(12)15-10/h2-5,10H,6-7H2,1H3. The van der Waals surface area contributed by atoms with Crippen LogP contribution < -0.4 is 4.74 Å². The van der Waals surface area contributed by atoms with Gasteiger partial charge < -0.3 is 14.2 Å². The third-order valence-electron chi connectivity index (χ3n) is 2.11. The minimum Gasteiger partial charge on any atom is -0.490 e. The molecule has 0 N–H and O–H groups in total. The van der Waals surface area contributed by atoms with E-state index in [1.165, 1.54) is 5.56 Å². The number of hydrogen-bond acceptors (Lipinski definition) is 4. The Balaban J connectivity index is 1.83. The predicted molar refractivity (Wildman–Crippen MR) is 52.9 cm³/mol. The fraction of sp³-hybridized carbons (Fsp3) is 0.364. The zero-order chi connectivity index (χ0) is 10.7. The molecule has 1 aliphatic rings. The molecule has 0 aliphatic carbocycles. The summed E-state index contributed by atoms with van der Waals surface area (Å²) in [5.74, 6) is 0.767. The van der Waals surface area contributed by atoms with Gasteiger partial charge in [-0.2, -0.15) is 0 Å². The summed E-state index contributed by atoms with van der Waals surface area (Å²) < 4.78 is 14.9. The van der Waals surface area contributed by atoms with Crippen LogP contribution in [-0.2, 0) is 9.47 Å². The first kappa shape index (κ1) is 9.83. The Kier molecular flexibility index (Phi) is 2.76. The van der Waals surface area contributed by atoms with Crippen LogP contribution in [0.2, 0.25) is 0 Å². The molecule has 80 valence electrons. The molecule has 1 fully saturated rings. The molecule has 0 aromatic heterocycles. The van der Waals surface area contributed by atoms with Crippen LogP contribution in [0.25, 0.3) is 0 Å². The Morgan fingerprint density at radius 3 is 2.73 bits per heavy atom. The molecule has 0 amide bonds. The Hall–Kier alpha value is -1.71. The molecule has 15 heavy (non-hydrogen) atoms. The molecular weight excluding hydrogens is 196 g/mol. The molecule has 0 spiro atoms. The van der Waals surface area contributed by atoms with Crippen LogP contribution in [0, 0.1) is 6.92 Å². The lowest BCUT2D eigenvalue weighted by Crippen LogP contribution is -2.19. The third kappa shape index (κ3) is 2.62. The number of aryl methyl sites for hydroxylation is 1. The first-order valence-corrected chi connectivity index (χ1v) is 4.77. The van der Waals surface area contributed by atoms with Gasteiger partial charge >= 0.3 is 6.16 Å². The van der Waals surface area contributed by atoms with Gasteiger partial charge in [0.1, 0.15) is 19.0 Å². The molecule has 4 heteroatoms. The fourth-order valence-corrected chi connectivity index (χ4v) is 1.27. The van der Waals surface area contributed by atoms with Gasteiger partial charge in [-0.25, -0.2) is 4.79 Å². The van der Waals surface area contributed by atoms with Gasteiger partial charge in [-0.3, -0.25) is 0 Å². The van der Waals surface area contributed by atoms with E-state index in [2.05, 4.69) is 4.74 Å². The number of ether oxygens (including phenoxy) is 3. The van der Waals surface area contributed by atoms with Crippen LogP contribution in [-0.4, -0.2) is 25.5 Å². The predicted octanol–water partition coefficient (Wildman–Crippen LogP) is 1.91. The van der Waals surface area contributed by atoms with Crippen molar-refractivity contribution in [1.29, 1.82) is 0 Å². The summed E-state index contributed by atoms with van der Waals surface area (Å²) in [6.45, 7) is 2.61. The molecule has 1 atom stereocenters. The fourth-order valence-electron chi connectivity index (χ4n) is 1.27. The normalized spacial score (nSPS) is 19.5. The van der Waals surface area contributed by atoms with Gasteiger partial charge in [0.25, 0.3) is 0 Å². The van der Waals surface area contributed by atoms with E-state index in [1.54, 1.807) is 0 Å². The maximum atomic E-state index is 10.6. The van der Waals surface area contributed by atoms with E-state index < -0.39 is 6.16 Å². The Bertz CT molecular complexity index is 344. The lowest BCUT2D eigenvalue weighted by molar-refractivity contribution is 0.0983. The number of hydrogen-bond donors (Lipinski definition) is 0. The van der Waals surface area contributed by atoms with Crippen molar-refractivity contribution in [1.82, 2.24) is 0 Å². The minimum absolute atomic E-state index is 0.269. The zero-order valence-electron chi connectivity index (χ0n) is 8.43. The number of cyclic esters (lactones) is 2. The van der Waals surface area contributed by atoms with Gasteiger partial charge in [-0.15, -0.1) is 0 Å². The third-order valence-corrected chi connectivity index (χ3v) is 2.11. The average molecular weight is 208 g/mol. The van der Waals surface area contributed by atoms with Crippen molar-refractivity contribution in [3.8, 4) is 5.75 Å². The van der Waals surface area contributed by atoms with Crippen molar-refractivity contribution in [2.75, 3.05) is 13.2 Å². The zero-order valence-corrected chi connectivity index (χ0v) is 8.43. The maximum Gasteiger partial charge on any atom is 0.508 e. The Labute approximate surface area is 87.8 Å². The van der Waals surface area contributed by atoms with E-state index >= 15 is 0 Å². The first-order chi connectivity index (χ1) is 7.24. The van der Waals surface area contributed by atoms with Crippen molar-refractivity contribution in [3.63, 3.8) is 0 Å². The second kappa shape index (κ2) is 4.21. The van der Waals surface area contributed by atoms with Gasteiger partial charge in [0, 0.05) is 0 Å². The topological polar surface area (TPSA) is 44.8 Å². The highest BCUT2D eigenvalue weighted by Crippen LogP contribution is 2.13. The van der Waals surface area contributed by atoms with Crippen molar-refractivity contribution < 1.29 is 19.0 Å². The molecule has 1 aromatic rings. The maximum absolute atomic E-state index is 10.6.